The Morgan fingerprint density at radius 1 is 1.12 bits per heavy atom. The molecule has 1 aliphatic heterocycles. The van der Waals surface area contributed by atoms with Crippen molar-refractivity contribution in [2.75, 3.05) is 26.7 Å². The van der Waals surface area contributed by atoms with Crippen LogP contribution in [0.2, 0.25) is 0 Å². The van der Waals surface area contributed by atoms with Crippen LogP contribution in [0.25, 0.3) is 11.1 Å². The molecule has 1 amide bonds. The van der Waals surface area contributed by atoms with Gasteiger partial charge in [-0.1, -0.05) is 45.0 Å². The number of carbonyl (C=O) groups excluding carboxylic acids is 1. The first kappa shape index (κ1) is 23.8. The van der Waals surface area contributed by atoms with Gasteiger partial charge >= 0.3 is 0 Å². The summed E-state index contributed by atoms with van der Waals surface area (Å²) in [5.41, 5.74) is 2.86. The number of hydrogen-bond donors (Lipinski definition) is 0. The molecule has 0 radical (unpaired) electrons. The van der Waals surface area contributed by atoms with Gasteiger partial charge in [0.2, 0.25) is 5.91 Å². The van der Waals surface area contributed by atoms with Gasteiger partial charge in [0.05, 0.1) is 24.4 Å². The summed E-state index contributed by atoms with van der Waals surface area (Å²) in [6.45, 7) is 8.95. The molecule has 1 atom stereocenters. The normalized spacial score (nSPS) is 16.5. The van der Waals surface area contributed by atoms with Gasteiger partial charge in [-0.3, -0.25) is 9.69 Å². The van der Waals surface area contributed by atoms with Crippen LogP contribution in [0.3, 0.4) is 0 Å². The third kappa shape index (κ3) is 6.58. The van der Waals surface area contributed by atoms with E-state index in [1.54, 1.807) is 0 Å². The van der Waals surface area contributed by atoms with Crippen LogP contribution in [-0.2, 0) is 4.79 Å². The summed E-state index contributed by atoms with van der Waals surface area (Å²) in [6.07, 6.45) is 3.89. The smallest absolute Gasteiger partial charge is 0.224 e. The van der Waals surface area contributed by atoms with Gasteiger partial charge in [0.1, 0.15) is 5.75 Å². The van der Waals surface area contributed by atoms with Crippen molar-refractivity contribution in [3.63, 3.8) is 0 Å². The van der Waals surface area contributed by atoms with Gasteiger partial charge in [0.15, 0.2) is 0 Å². The zero-order valence-corrected chi connectivity index (χ0v) is 19.8. The van der Waals surface area contributed by atoms with Gasteiger partial charge in [-0.25, -0.2) is 0 Å². The molecule has 0 bridgehead atoms. The highest BCUT2D eigenvalue weighted by Gasteiger charge is 2.31. The third-order valence-electron chi connectivity index (χ3n) is 5.91. The van der Waals surface area contributed by atoms with Crippen molar-refractivity contribution in [1.29, 1.82) is 5.26 Å². The molecule has 2 aromatic rings. The van der Waals surface area contributed by atoms with Crippen molar-refractivity contribution < 1.29 is 9.53 Å². The monoisotopic (exact) mass is 433 g/mol. The summed E-state index contributed by atoms with van der Waals surface area (Å²) in [5, 5.41) is 8.93. The Balaban J connectivity index is 1.45. The number of benzene rings is 2. The minimum absolute atomic E-state index is 0.0122. The summed E-state index contributed by atoms with van der Waals surface area (Å²) in [6, 6.07) is 17.8. The molecule has 0 spiro atoms. The molecule has 5 nitrogen and oxygen atoms in total. The number of carbonyl (C=O) groups is 1. The Kier molecular flexibility index (Phi) is 7.93. The van der Waals surface area contributed by atoms with Gasteiger partial charge in [0, 0.05) is 26.6 Å². The highest BCUT2D eigenvalue weighted by atomic mass is 16.5. The van der Waals surface area contributed by atoms with E-state index in [2.05, 4.69) is 31.7 Å². The molecule has 1 aliphatic rings. The molecule has 5 heteroatoms. The Labute approximate surface area is 192 Å². The number of rotatable bonds is 8. The highest BCUT2D eigenvalue weighted by Crippen LogP contribution is 2.25. The molecule has 170 valence electrons. The molecule has 1 unspecified atom stereocenters. The number of nitrogens with zero attached hydrogens (tertiary/aromatic N) is 3. The lowest BCUT2D eigenvalue weighted by Crippen LogP contribution is -2.46. The standard InChI is InChI=1S/C27H35N3O2/c1-27(2,3)19-26(31)29(4)25-7-5-16-30(25)17-6-18-32-24-14-12-23(13-15-24)22-10-8-21(20-28)9-11-22/h8-15,25H,5-7,16-19H2,1-4H3. The van der Waals surface area contributed by atoms with Crippen molar-refractivity contribution in [1.82, 2.24) is 9.80 Å². The maximum absolute atomic E-state index is 12.6. The zero-order valence-electron chi connectivity index (χ0n) is 19.8. The molecule has 1 fully saturated rings. The maximum atomic E-state index is 12.6. The van der Waals surface area contributed by atoms with Gasteiger partial charge in [0.25, 0.3) is 0 Å². The van der Waals surface area contributed by atoms with Crippen LogP contribution in [0.15, 0.2) is 48.5 Å². The van der Waals surface area contributed by atoms with Crippen LogP contribution in [-0.4, -0.2) is 48.6 Å². The van der Waals surface area contributed by atoms with E-state index in [0.717, 1.165) is 49.2 Å². The van der Waals surface area contributed by atoms with Crippen molar-refractivity contribution in [3.05, 3.63) is 54.1 Å². The second kappa shape index (κ2) is 10.7. The Morgan fingerprint density at radius 2 is 1.75 bits per heavy atom. The molecule has 0 aliphatic carbocycles. The number of likely N-dealkylation sites (tertiary alicyclic amines) is 1. The van der Waals surface area contributed by atoms with Crippen molar-refractivity contribution in [2.24, 2.45) is 5.41 Å². The van der Waals surface area contributed by atoms with E-state index in [1.807, 2.05) is 60.5 Å². The topological polar surface area (TPSA) is 56.6 Å². The summed E-state index contributed by atoms with van der Waals surface area (Å²) < 4.78 is 5.95. The van der Waals surface area contributed by atoms with Gasteiger partial charge in [-0.05, 0) is 60.1 Å². The van der Waals surface area contributed by atoms with E-state index in [0.29, 0.717) is 18.6 Å². The minimum Gasteiger partial charge on any atom is -0.494 e. The predicted molar refractivity (Wildman–Crippen MR) is 128 cm³/mol. The first-order valence-corrected chi connectivity index (χ1v) is 11.5. The molecule has 0 N–H and O–H groups in total. The quantitative estimate of drug-likeness (QED) is 0.529. The van der Waals surface area contributed by atoms with E-state index in [1.165, 1.54) is 0 Å². The van der Waals surface area contributed by atoms with Crippen LogP contribution in [0, 0.1) is 16.7 Å². The Hall–Kier alpha value is -2.84. The maximum Gasteiger partial charge on any atom is 0.224 e. The summed E-state index contributed by atoms with van der Waals surface area (Å²) >= 11 is 0. The van der Waals surface area contributed by atoms with Crippen LogP contribution >= 0.6 is 0 Å². The average Bonchev–Trinajstić information content (AvgIpc) is 3.24. The van der Waals surface area contributed by atoms with E-state index in [-0.39, 0.29) is 17.5 Å². The molecule has 2 aromatic carbocycles. The fraction of sp³-hybridized carbons (Fsp3) is 0.481. The van der Waals surface area contributed by atoms with Crippen molar-refractivity contribution in [3.8, 4) is 22.9 Å². The molecular formula is C27H35N3O2. The number of ether oxygens (including phenoxy) is 1. The lowest BCUT2D eigenvalue weighted by atomic mass is 9.91. The first-order valence-electron chi connectivity index (χ1n) is 11.5. The van der Waals surface area contributed by atoms with Crippen LogP contribution in [0.5, 0.6) is 5.75 Å². The van der Waals surface area contributed by atoms with Gasteiger partial charge < -0.3 is 9.64 Å². The lowest BCUT2D eigenvalue weighted by molar-refractivity contribution is -0.136. The second-order valence-electron chi connectivity index (χ2n) is 9.82. The molecule has 0 saturated carbocycles. The van der Waals surface area contributed by atoms with E-state index in [9.17, 15) is 4.79 Å². The fourth-order valence-electron chi connectivity index (χ4n) is 4.19. The van der Waals surface area contributed by atoms with Crippen LogP contribution in [0.4, 0.5) is 0 Å². The van der Waals surface area contributed by atoms with Crippen molar-refractivity contribution >= 4 is 5.91 Å². The number of amides is 1. The van der Waals surface area contributed by atoms with Crippen LogP contribution < -0.4 is 4.74 Å². The molecule has 1 saturated heterocycles. The molecule has 3 rings (SSSR count). The lowest BCUT2D eigenvalue weighted by Gasteiger charge is -2.34. The summed E-state index contributed by atoms with van der Waals surface area (Å²) in [5.74, 6) is 1.09. The highest BCUT2D eigenvalue weighted by molar-refractivity contribution is 5.76. The zero-order chi connectivity index (χ0) is 23.1. The predicted octanol–water partition coefficient (Wildman–Crippen LogP) is 5.31. The average molecular weight is 434 g/mol. The largest absolute Gasteiger partial charge is 0.494 e. The molecular weight excluding hydrogens is 398 g/mol. The Bertz CT molecular complexity index is 923. The third-order valence-corrected chi connectivity index (χ3v) is 5.91. The summed E-state index contributed by atoms with van der Waals surface area (Å²) in [7, 11) is 1.95. The number of nitriles is 1. The van der Waals surface area contributed by atoms with Crippen molar-refractivity contribution in [2.45, 2.75) is 52.6 Å². The van der Waals surface area contributed by atoms with Crippen LogP contribution in [0.1, 0.15) is 52.0 Å². The van der Waals surface area contributed by atoms with Gasteiger partial charge in [-0.2, -0.15) is 5.26 Å². The van der Waals surface area contributed by atoms with E-state index in [4.69, 9.17) is 10.00 Å². The molecule has 1 heterocycles. The van der Waals surface area contributed by atoms with E-state index >= 15 is 0 Å². The van der Waals surface area contributed by atoms with Gasteiger partial charge in [-0.15, -0.1) is 0 Å². The SMILES string of the molecule is CN(C(=O)CC(C)(C)C)C1CCCN1CCCOc1ccc(-c2ccc(C#N)cc2)cc1. The minimum atomic E-state index is 0.0122. The first-order chi connectivity index (χ1) is 15.3. The molecule has 0 aromatic heterocycles. The summed E-state index contributed by atoms with van der Waals surface area (Å²) in [4.78, 5) is 17.0. The second-order valence-corrected chi connectivity index (χ2v) is 9.82. The fourth-order valence-corrected chi connectivity index (χ4v) is 4.19. The Morgan fingerprint density at radius 3 is 2.34 bits per heavy atom. The van der Waals surface area contributed by atoms with E-state index < -0.39 is 0 Å². The molecule has 32 heavy (non-hydrogen) atoms. The number of hydrogen-bond acceptors (Lipinski definition) is 4.